The lowest BCUT2D eigenvalue weighted by Gasteiger charge is -2.37. The number of hydrogen-bond donors (Lipinski definition) is 1. The van der Waals surface area contributed by atoms with E-state index in [0.717, 1.165) is 31.9 Å². The Bertz CT molecular complexity index is 347. The van der Waals surface area contributed by atoms with Gasteiger partial charge in [0.05, 0.1) is 0 Å². The molecular weight excluding hydrogens is 212 g/mol. The van der Waals surface area contributed by atoms with Crippen LogP contribution in [0.15, 0.2) is 12.4 Å². The maximum absolute atomic E-state index is 6.01. The Hall–Kier alpha value is -1.03. The minimum atomic E-state index is 0.361. The number of nitrogens with zero attached hydrogens (tertiary/aromatic N) is 3. The summed E-state index contributed by atoms with van der Waals surface area (Å²) in [5.74, 6) is 1.12. The average molecular weight is 236 g/mol. The third-order valence-corrected chi connectivity index (χ3v) is 3.62. The van der Waals surface area contributed by atoms with Gasteiger partial charge in [-0.05, 0) is 26.2 Å². The van der Waals surface area contributed by atoms with Crippen molar-refractivity contribution in [2.75, 3.05) is 11.4 Å². The van der Waals surface area contributed by atoms with E-state index in [-0.39, 0.29) is 0 Å². The quantitative estimate of drug-likeness (QED) is 0.869. The van der Waals surface area contributed by atoms with Crippen molar-refractivity contribution in [2.45, 2.75) is 58.2 Å². The SMILES string of the molecule is CCCCn1ccnc1N1CCC(N)CC1C. The molecule has 1 aliphatic rings. The number of unbranched alkanes of at least 4 members (excludes halogenated alkanes) is 1. The second kappa shape index (κ2) is 5.54. The Labute approximate surface area is 104 Å². The van der Waals surface area contributed by atoms with Crippen LogP contribution in [0.1, 0.15) is 39.5 Å². The number of aromatic nitrogens is 2. The molecule has 0 saturated carbocycles. The highest BCUT2D eigenvalue weighted by Crippen LogP contribution is 2.23. The normalized spacial score (nSPS) is 25.2. The third kappa shape index (κ3) is 2.80. The van der Waals surface area contributed by atoms with E-state index < -0.39 is 0 Å². The van der Waals surface area contributed by atoms with E-state index in [1.165, 1.54) is 12.8 Å². The monoisotopic (exact) mass is 236 g/mol. The van der Waals surface area contributed by atoms with E-state index in [9.17, 15) is 0 Å². The van der Waals surface area contributed by atoms with Crippen LogP contribution in [-0.2, 0) is 6.54 Å². The van der Waals surface area contributed by atoms with Gasteiger partial charge in [0.25, 0.3) is 0 Å². The molecule has 4 nitrogen and oxygen atoms in total. The Morgan fingerprint density at radius 2 is 2.35 bits per heavy atom. The number of rotatable bonds is 4. The van der Waals surface area contributed by atoms with Crippen molar-refractivity contribution in [3.05, 3.63) is 12.4 Å². The molecule has 2 atom stereocenters. The number of hydrogen-bond acceptors (Lipinski definition) is 3. The van der Waals surface area contributed by atoms with Crippen molar-refractivity contribution in [2.24, 2.45) is 5.73 Å². The van der Waals surface area contributed by atoms with Gasteiger partial charge in [-0.15, -0.1) is 0 Å². The first-order valence-corrected chi connectivity index (χ1v) is 6.75. The van der Waals surface area contributed by atoms with E-state index >= 15 is 0 Å². The first kappa shape index (κ1) is 12.4. The molecule has 1 saturated heterocycles. The number of imidazole rings is 1. The maximum atomic E-state index is 6.01. The van der Waals surface area contributed by atoms with Crippen molar-refractivity contribution < 1.29 is 0 Å². The predicted molar refractivity (Wildman–Crippen MR) is 71.2 cm³/mol. The summed E-state index contributed by atoms with van der Waals surface area (Å²) in [5.41, 5.74) is 6.01. The highest BCUT2D eigenvalue weighted by molar-refractivity contribution is 5.34. The van der Waals surface area contributed by atoms with Crippen molar-refractivity contribution in [1.29, 1.82) is 0 Å². The van der Waals surface area contributed by atoms with Crippen molar-refractivity contribution in [3.63, 3.8) is 0 Å². The molecule has 0 spiro atoms. The van der Waals surface area contributed by atoms with Gasteiger partial charge in [-0.1, -0.05) is 13.3 Å². The Kier molecular flexibility index (Phi) is 4.05. The second-order valence-electron chi connectivity index (χ2n) is 5.10. The molecule has 0 aliphatic carbocycles. The van der Waals surface area contributed by atoms with Gasteiger partial charge in [0, 0.05) is 37.6 Å². The maximum Gasteiger partial charge on any atom is 0.205 e. The van der Waals surface area contributed by atoms with E-state index in [2.05, 4.69) is 34.5 Å². The largest absolute Gasteiger partial charge is 0.339 e. The van der Waals surface area contributed by atoms with Gasteiger partial charge in [0.1, 0.15) is 0 Å². The topological polar surface area (TPSA) is 47.1 Å². The fraction of sp³-hybridized carbons (Fsp3) is 0.769. The standard InChI is InChI=1S/C13H24N4/c1-3-4-7-16-9-6-15-13(16)17-8-5-12(14)10-11(17)2/h6,9,11-12H,3-5,7-8,10,14H2,1-2H3. The van der Waals surface area contributed by atoms with Gasteiger partial charge in [-0.2, -0.15) is 0 Å². The van der Waals surface area contributed by atoms with Crippen molar-refractivity contribution >= 4 is 5.95 Å². The Balaban J connectivity index is 2.08. The minimum Gasteiger partial charge on any atom is -0.339 e. The Morgan fingerprint density at radius 1 is 1.53 bits per heavy atom. The molecule has 2 heterocycles. The molecule has 4 heteroatoms. The second-order valence-corrected chi connectivity index (χ2v) is 5.10. The van der Waals surface area contributed by atoms with Crippen LogP contribution in [0.3, 0.4) is 0 Å². The molecule has 2 unspecified atom stereocenters. The number of nitrogens with two attached hydrogens (primary N) is 1. The minimum absolute atomic E-state index is 0.361. The molecule has 0 radical (unpaired) electrons. The molecule has 1 aromatic heterocycles. The molecular formula is C13H24N4. The lowest BCUT2D eigenvalue weighted by atomic mass is 10.00. The Morgan fingerprint density at radius 3 is 3.06 bits per heavy atom. The average Bonchev–Trinajstić information content (AvgIpc) is 2.74. The smallest absolute Gasteiger partial charge is 0.205 e. The predicted octanol–water partition coefficient (Wildman–Crippen LogP) is 2.00. The van der Waals surface area contributed by atoms with Crippen molar-refractivity contribution in [1.82, 2.24) is 9.55 Å². The first-order valence-electron chi connectivity index (χ1n) is 6.75. The zero-order valence-electron chi connectivity index (χ0n) is 11.0. The zero-order chi connectivity index (χ0) is 12.3. The van der Waals surface area contributed by atoms with Gasteiger partial charge in [-0.25, -0.2) is 4.98 Å². The molecule has 0 amide bonds. The fourth-order valence-corrected chi connectivity index (χ4v) is 2.57. The van der Waals surface area contributed by atoms with E-state index in [1.807, 2.05) is 6.20 Å². The van der Waals surface area contributed by atoms with Crippen LogP contribution >= 0.6 is 0 Å². The summed E-state index contributed by atoms with van der Waals surface area (Å²) >= 11 is 0. The van der Waals surface area contributed by atoms with Crippen LogP contribution in [0.5, 0.6) is 0 Å². The molecule has 96 valence electrons. The first-order chi connectivity index (χ1) is 8.22. The fourth-order valence-electron chi connectivity index (χ4n) is 2.57. The summed E-state index contributed by atoms with van der Waals surface area (Å²) in [5, 5.41) is 0. The molecule has 0 aromatic carbocycles. The molecule has 1 aliphatic heterocycles. The van der Waals surface area contributed by atoms with Crippen LogP contribution in [0.25, 0.3) is 0 Å². The van der Waals surface area contributed by atoms with Crippen molar-refractivity contribution in [3.8, 4) is 0 Å². The molecule has 17 heavy (non-hydrogen) atoms. The van der Waals surface area contributed by atoms with E-state index in [0.29, 0.717) is 12.1 Å². The molecule has 1 fully saturated rings. The van der Waals surface area contributed by atoms with Gasteiger partial charge < -0.3 is 15.2 Å². The summed E-state index contributed by atoms with van der Waals surface area (Å²) in [7, 11) is 0. The van der Waals surface area contributed by atoms with Crippen LogP contribution < -0.4 is 10.6 Å². The molecule has 0 bridgehead atoms. The highest BCUT2D eigenvalue weighted by atomic mass is 15.3. The summed E-state index contributed by atoms with van der Waals surface area (Å²) in [6, 6.07) is 0.863. The summed E-state index contributed by atoms with van der Waals surface area (Å²) in [6.07, 6.45) is 8.58. The summed E-state index contributed by atoms with van der Waals surface area (Å²) in [6.45, 7) is 6.57. The van der Waals surface area contributed by atoms with Crippen LogP contribution in [0.2, 0.25) is 0 Å². The third-order valence-electron chi connectivity index (χ3n) is 3.62. The van der Waals surface area contributed by atoms with E-state index in [1.54, 1.807) is 0 Å². The lowest BCUT2D eigenvalue weighted by molar-refractivity contribution is 0.418. The van der Waals surface area contributed by atoms with Gasteiger partial charge in [0.15, 0.2) is 0 Å². The van der Waals surface area contributed by atoms with Crippen LogP contribution in [-0.4, -0.2) is 28.2 Å². The summed E-state index contributed by atoms with van der Waals surface area (Å²) < 4.78 is 2.27. The summed E-state index contributed by atoms with van der Waals surface area (Å²) in [4.78, 5) is 6.92. The zero-order valence-corrected chi connectivity index (χ0v) is 11.0. The highest BCUT2D eigenvalue weighted by Gasteiger charge is 2.25. The van der Waals surface area contributed by atoms with E-state index in [4.69, 9.17) is 5.73 Å². The number of piperidine rings is 1. The van der Waals surface area contributed by atoms with Gasteiger partial charge in [-0.3, -0.25) is 0 Å². The molecule has 2 N–H and O–H groups in total. The van der Waals surface area contributed by atoms with Crippen LogP contribution in [0.4, 0.5) is 5.95 Å². The van der Waals surface area contributed by atoms with Crippen LogP contribution in [0, 0.1) is 0 Å². The lowest BCUT2D eigenvalue weighted by Crippen LogP contribution is -2.46. The number of anilines is 1. The molecule has 1 aromatic rings. The number of aryl methyl sites for hydroxylation is 1. The van der Waals surface area contributed by atoms with Gasteiger partial charge >= 0.3 is 0 Å². The van der Waals surface area contributed by atoms with Gasteiger partial charge in [0.2, 0.25) is 5.95 Å². The molecule has 2 rings (SSSR count).